The van der Waals surface area contributed by atoms with Gasteiger partial charge >= 0.3 is 0 Å². The van der Waals surface area contributed by atoms with E-state index in [-0.39, 0.29) is 0 Å². The van der Waals surface area contributed by atoms with Crippen molar-refractivity contribution in [1.29, 1.82) is 5.26 Å². The molecule has 2 rings (SSSR count). The lowest BCUT2D eigenvalue weighted by Crippen LogP contribution is -1.84. The minimum Gasteiger partial charge on any atom is -0.342 e. The van der Waals surface area contributed by atoms with Gasteiger partial charge in [0.2, 0.25) is 0 Å². The summed E-state index contributed by atoms with van der Waals surface area (Å²) in [6.07, 6.45) is 2.84. The minimum atomic E-state index is 0.354. The number of aromatic nitrogens is 2. The highest BCUT2D eigenvalue weighted by Crippen LogP contribution is 2.24. The molecule has 0 aliphatic carbocycles. The van der Waals surface area contributed by atoms with E-state index in [0.717, 1.165) is 22.8 Å². The first kappa shape index (κ1) is 14.7. The summed E-state index contributed by atoms with van der Waals surface area (Å²) in [6.45, 7) is 4.17. The zero-order chi connectivity index (χ0) is 14.4. The van der Waals surface area contributed by atoms with Gasteiger partial charge in [0.05, 0.1) is 18.2 Å². The fourth-order valence-corrected chi connectivity index (χ4v) is 2.92. The van der Waals surface area contributed by atoms with Gasteiger partial charge in [0, 0.05) is 16.2 Å². The number of thioether (sulfide) groups is 1. The summed E-state index contributed by atoms with van der Waals surface area (Å²) in [5.74, 6) is 2.01. The third-order valence-electron chi connectivity index (χ3n) is 3.13. The maximum absolute atomic E-state index is 8.76. The number of aromatic amines is 1. The van der Waals surface area contributed by atoms with Gasteiger partial charge in [-0.2, -0.15) is 5.26 Å². The van der Waals surface area contributed by atoms with Gasteiger partial charge in [-0.3, -0.25) is 0 Å². The van der Waals surface area contributed by atoms with Crippen LogP contribution in [-0.4, -0.2) is 15.7 Å². The van der Waals surface area contributed by atoms with Gasteiger partial charge in [-0.15, -0.1) is 11.8 Å². The topological polar surface area (TPSA) is 52.5 Å². The smallest absolute Gasteiger partial charge is 0.137 e. The van der Waals surface area contributed by atoms with Gasteiger partial charge in [0.1, 0.15) is 5.82 Å². The lowest BCUT2D eigenvalue weighted by Gasteiger charge is -2.02. The van der Waals surface area contributed by atoms with Crippen molar-refractivity contribution in [3.63, 3.8) is 0 Å². The molecule has 0 saturated carbocycles. The van der Waals surface area contributed by atoms with Crippen molar-refractivity contribution >= 4 is 11.8 Å². The van der Waals surface area contributed by atoms with Crippen molar-refractivity contribution in [1.82, 2.24) is 9.97 Å². The second-order valence-corrected chi connectivity index (χ2v) is 5.89. The Kier molecular flexibility index (Phi) is 5.25. The Labute approximate surface area is 124 Å². The lowest BCUT2D eigenvalue weighted by molar-refractivity contribution is 0.896. The number of nitriles is 1. The summed E-state index contributed by atoms with van der Waals surface area (Å²) in [5.41, 5.74) is 2.88. The van der Waals surface area contributed by atoms with Crippen molar-refractivity contribution < 1.29 is 0 Å². The van der Waals surface area contributed by atoms with Crippen molar-refractivity contribution in [3.8, 4) is 17.5 Å². The molecule has 1 aromatic carbocycles. The molecule has 0 saturated heterocycles. The number of nitrogens with one attached hydrogen (secondary N) is 1. The Balaban J connectivity index is 2.09. The van der Waals surface area contributed by atoms with Crippen molar-refractivity contribution in [2.24, 2.45) is 0 Å². The second-order valence-electron chi connectivity index (χ2n) is 4.72. The van der Waals surface area contributed by atoms with E-state index in [0.29, 0.717) is 6.42 Å². The van der Waals surface area contributed by atoms with Crippen LogP contribution in [-0.2, 0) is 6.42 Å². The summed E-state index contributed by atoms with van der Waals surface area (Å²) in [4.78, 5) is 9.03. The minimum absolute atomic E-state index is 0.354. The fraction of sp³-hybridized carbons (Fsp3) is 0.375. The molecule has 0 radical (unpaired) electrons. The third-order valence-corrected chi connectivity index (χ3v) is 4.22. The molecule has 0 atom stereocenters. The van der Waals surface area contributed by atoms with E-state index in [9.17, 15) is 0 Å². The molecule has 0 aliphatic heterocycles. The molecule has 0 unspecified atom stereocenters. The first-order chi connectivity index (χ1) is 9.74. The predicted molar refractivity (Wildman–Crippen MR) is 83.7 cm³/mol. The molecule has 104 valence electrons. The van der Waals surface area contributed by atoms with E-state index in [1.807, 2.05) is 18.7 Å². The van der Waals surface area contributed by atoms with Crippen molar-refractivity contribution in [2.75, 3.05) is 5.75 Å². The maximum atomic E-state index is 8.76. The van der Waals surface area contributed by atoms with Crippen LogP contribution < -0.4 is 0 Å². The van der Waals surface area contributed by atoms with Gasteiger partial charge in [-0.05, 0) is 31.2 Å². The molecule has 20 heavy (non-hydrogen) atoms. The Morgan fingerprint density at radius 3 is 2.70 bits per heavy atom. The molecule has 1 N–H and O–H groups in total. The van der Waals surface area contributed by atoms with Crippen LogP contribution in [0.2, 0.25) is 0 Å². The van der Waals surface area contributed by atoms with E-state index in [1.165, 1.54) is 23.5 Å². The summed E-state index contributed by atoms with van der Waals surface area (Å²) in [7, 11) is 0. The van der Waals surface area contributed by atoms with Crippen LogP contribution in [0.1, 0.15) is 31.2 Å². The molecule has 3 nitrogen and oxygen atoms in total. The number of hydrogen-bond donors (Lipinski definition) is 1. The van der Waals surface area contributed by atoms with Gasteiger partial charge in [0.15, 0.2) is 0 Å². The van der Waals surface area contributed by atoms with Gasteiger partial charge in [-0.25, -0.2) is 4.98 Å². The SMILES string of the molecule is CCCCSc1ccc(-c2nc(CC#N)c(C)[nH]2)cc1. The number of unbranched alkanes of at least 4 members (excludes halogenated alkanes) is 1. The van der Waals surface area contributed by atoms with Gasteiger partial charge in [0.25, 0.3) is 0 Å². The zero-order valence-corrected chi connectivity index (χ0v) is 12.8. The Bertz CT molecular complexity index is 593. The van der Waals surface area contributed by atoms with Crippen LogP contribution in [0.15, 0.2) is 29.2 Å². The van der Waals surface area contributed by atoms with Gasteiger partial charge < -0.3 is 4.98 Å². The van der Waals surface area contributed by atoms with E-state index in [4.69, 9.17) is 5.26 Å². The summed E-state index contributed by atoms with van der Waals surface area (Å²) >= 11 is 1.89. The van der Waals surface area contributed by atoms with Crippen LogP contribution in [0.3, 0.4) is 0 Å². The summed E-state index contributed by atoms with van der Waals surface area (Å²) < 4.78 is 0. The second kappa shape index (κ2) is 7.16. The maximum Gasteiger partial charge on any atom is 0.137 e. The average Bonchev–Trinajstić information content (AvgIpc) is 2.82. The van der Waals surface area contributed by atoms with Crippen LogP contribution in [0, 0.1) is 18.3 Å². The first-order valence-corrected chi connectivity index (χ1v) is 7.88. The number of imidazole rings is 1. The van der Waals surface area contributed by atoms with E-state index < -0.39 is 0 Å². The molecule has 1 aromatic heterocycles. The van der Waals surface area contributed by atoms with Crippen molar-refractivity contribution in [3.05, 3.63) is 35.7 Å². The number of aryl methyl sites for hydroxylation is 1. The molecule has 1 heterocycles. The number of nitrogens with zero attached hydrogens (tertiary/aromatic N) is 2. The fourth-order valence-electron chi connectivity index (χ4n) is 1.92. The van der Waals surface area contributed by atoms with Crippen LogP contribution in [0.25, 0.3) is 11.4 Å². The normalized spacial score (nSPS) is 10.4. The first-order valence-electron chi connectivity index (χ1n) is 6.90. The van der Waals surface area contributed by atoms with Crippen molar-refractivity contribution in [2.45, 2.75) is 38.0 Å². The number of H-pyrrole nitrogens is 1. The summed E-state index contributed by atoms with van der Waals surface area (Å²) in [5, 5.41) is 8.76. The average molecular weight is 285 g/mol. The molecular formula is C16H19N3S. The molecule has 4 heteroatoms. The molecule has 0 spiro atoms. The molecule has 0 aliphatic rings. The quantitative estimate of drug-likeness (QED) is 0.634. The zero-order valence-electron chi connectivity index (χ0n) is 11.9. The third kappa shape index (κ3) is 3.64. The molecular weight excluding hydrogens is 266 g/mol. The predicted octanol–water partition coefficient (Wildman–Crippen LogP) is 4.34. The Hall–Kier alpha value is -1.73. The van der Waals surface area contributed by atoms with E-state index >= 15 is 0 Å². The van der Waals surface area contributed by atoms with Gasteiger partial charge in [-0.1, -0.05) is 25.5 Å². The van der Waals surface area contributed by atoms with E-state index in [1.54, 1.807) is 0 Å². The number of hydrogen-bond acceptors (Lipinski definition) is 3. The Morgan fingerprint density at radius 2 is 2.05 bits per heavy atom. The summed E-state index contributed by atoms with van der Waals surface area (Å²) in [6, 6.07) is 10.6. The number of benzene rings is 1. The van der Waals surface area contributed by atoms with Crippen LogP contribution in [0.5, 0.6) is 0 Å². The van der Waals surface area contributed by atoms with E-state index in [2.05, 4.69) is 47.2 Å². The largest absolute Gasteiger partial charge is 0.342 e. The molecule has 0 bridgehead atoms. The lowest BCUT2D eigenvalue weighted by atomic mass is 10.2. The monoisotopic (exact) mass is 285 g/mol. The molecule has 2 aromatic rings. The van der Waals surface area contributed by atoms with Crippen LogP contribution in [0.4, 0.5) is 0 Å². The number of rotatable bonds is 6. The molecule has 0 fully saturated rings. The highest BCUT2D eigenvalue weighted by Gasteiger charge is 2.08. The van der Waals surface area contributed by atoms with Crippen LogP contribution >= 0.6 is 11.8 Å². The standard InChI is InChI=1S/C16H19N3S/c1-3-4-11-20-14-7-5-13(6-8-14)16-18-12(2)15(19-16)9-10-17/h5-8H,3-4,9,11H2,1-2H3,(H,18,19). The Morgan fingerprint density at radius 1 is 1.30 bits per heavy atom. The molecule has 0 amide bonds. The highest BCUT2D eigenvalue weighted by molar-refractivity contribution is 7.99. The highest BCUT2D eigenvalue weighted by atomic mass is 32.2.